The molecule has 2 aliphatic rings. The van der Waals surface area contributed by atoms with E-state index in [9.17, 15) is 14.7 Å². The Kier molecular flexibility index (Phi) is 4.56. The number of nitrogens with zero attached hydrogens (tertiary/aromatic N) is 1. The van der Waals surface area contributed by atoms with Gasteiger partial charge in [-0.15, -0.1) is 0 Å². The van der Waals surface area contributed by atoms with Crippen LogP contribution in [0.1, 0.15) is 50.1 Å². The summed E-state index contributed by atoms with van der Waals surface area (Å²) in [6, 6.07) is 5.39. The molecule has 2 fully saturated rings. The van der Waals surface area contributed by atoms with Crippen LogP contribution in [0, 0.1) is 5.41 Å². The molecule has 23 heavy (non-hydrogen) atoms. The van der Waals surface area contributed by atoms with Crippen LogP contribution in [0.3, 0.4) is 0 Å². The van der Waals surface area contributed by atoms with Crippen molar-refractivity contribution in [2.24, 2.45) is 5.41 Å². The van der Waals surface area contributed by atoms with Crippen LogP contribution in [0.4, 0.5) is 0 Å². The molecule has 4 nitrogen and oxygen atoms in total. The van der Waals surface area contributed by atoms with Gasteiger partial charge in [0, 0.05) is 13.0 Å². The van der Waals surface area contributed by atoms with E-state index in [0.29, 0.717) is 29.4 Å². The molecule has 0 radical (unpaired) electrons. The Morgan fingerprint density at radius 2 is 1.96 bits per heavy atom. The fourth-order valence-electron chi connectivity index (χ4n) is 3.59. The third-order valence-electron chi connectivity index (χ3n) is 5.16. The molecule has 0 bridgehead atoms. The molecule has 1 saturated heterocycles. The number of carboxylic acid groups (broad SMARTS) is 1. The molecule has 1 aliphatic carbocycles. The van der Waals surface area contributed by atoms with E-state index in [0.717, 1.165) is 24.8 Å². The van der Waals surface area contributed by atoms with E-state index in [1.54, 1.807) is 12.1 Å². The van der Waals surface area contributed by atoms with Crippen LogP contribution in [-0.2, 0) is 9.59 Å². The number of hydrogen-bond donors (Lipinski definition) is 1. The molecule has 1 N–H and O–H groups in total. The molecule has 1 saturated carbocycles. The smallest absolute Gasteiger partial charge is 0.310 e. The van der Waals surface area contributed by atoms with E-state index in [2.05, 4.69) is 0 Å². The first-order chi connectivity index (χ1) is 10.9. The first-order valence-corrected chi connectivity index (χ1v) is 8.66. The summed E-state index contributed by atoms with van der Waals surface area (Å²) in [5.41, 5.74) is 0.116. The summed E-state index contributed by atoms with van der Waals surface area (Å²) >= 11 is 12.0. The van der Waals surface area contributed by atoms with Crippen LogP contribution < -0.4 is 0 Å². The van der Waals surface area contributed by atoms with Crippen molar-refractivity contribution in [2.45, 2.75) is 44.6 Å². The van der Waals surface area contributed by atoms with Gasteiger partial charge in [0.05, 0.1) is 21.5 Å². The molecule has 1 unspecified atom stereocenters. The van der Waals surface area contributed by atoms with Gasteiger partial charge in [-0.05, 0) is 43.4 Å². The van der Waals surface area contributed by atoms with Crippen molar-refractivity contribution in [3.63, 3.8) is 0 Å². The minimum atomic E-state index is -0.845. The summed E-state index contributed by atoms with van der Waals surface area (Å²) in [7, 11) is 0. The first-order valence-electron chi connectivity index (χ1n) is 7.91. The highest BCUT2D eigenvalue weighted by Crippen LogP contribution is 2.46. The van der Waals surface area contributed by atoms with Crippen molar-refractivity contribution >= 4 is 35.1 Å². The number of benzene rings is 1. The van der Waals surface area contributed by atoms with Crippen LogP contribution in [0.2, 0.25) is 10.0 Å². The van der Waals surface area contributed by atoms with Crippen LogP contribution >= 0.6 is 23.2 Å². The Balaban J connectivity index is 1.77. The van der Waals surface area contributed by atoms with Crippen molar-refractivity contribution in [1.82, 2.24) is 4.90 Å². The summed E-state index contributed by atoms with van der Waals surface area (Å²) in [4.78, 5) is 26.0. The van der Waals surface area contributed by atoms with E-state index in [4.69, 9.17) is 23.2 Å². The topological polar surface area (TPSA) is 57.6 Å². The molecule has 3 rings (SSSR count). The lowest BCUT2D eigenvalue weighted by molar-refractivity contribution is -0.159. The molecule has 1 aliphatic heterocycles. The summed E-state index contributed by atoms with van der Waals surface area (Å²) in [6.07, 6.45) is 3.95. The highest BCUT2D eigenvalue weighted by atomic mass is 35.5. The van der Waals surface area contributed by atoms with Crippen molar-refractivity contribution in [3.05, 3.63) is 33.8 Å². The van der Waals surface area contributed by atoms with Gasteiger partial charge in [0.1, 0.15) is 0 Å². The Morgan fingerprint density at radius 1 is 1.22 bits per heavy atom. The second-order valence-corrected chi connectivity index (χ2v) is 7.35. The second-order valence-electron chi connectivity index (χ2n) is 6.53. The van der Waals surface area contributed by atoms with E-state index in [1.165, 1.54) is 0 Å². The summed E-state index contributed by atoms with van der Waals surface area (Å²) in [5, 5.41) is 10.4. The van der Waals surface area contributed by atoms with Crippen molar-refractivity contribution in [2.75, 3.05) is 6.54 Å². The Morgan fingerprint density at radius 3 is 2.52 bits per heavy atom. The third-order valence-corrected chi connectivity index (χ3v) is 5.89. The van der Waals surface area contributed by atoms with Gasteiger partial charge in [-0.25, -0.2) is 0 Å². The predicted molar refractivity (Wildman–Crippen MR) is 88.7 cm³/mol. The van der Waals surface area contributed by atoms with Crippen LogP contribution in [-0.4, -0.2) is 28.4 Å². The first kappa shape index (κ1) is 16.6. The minimum Gasteiger partial charge on any atom is -0.481 e. The SMILES string of the molecule is O=C(CC1(C(=O)O)CCC1)N1CCCC1c1ccc(Cl)c(Cl)c1. The quantitative estimate of drug-likeness (QED) is 0.875. The average Bonchev–Trinajstić information content (AvgIpc) is 2.94. The number of carbonyl (C=O) groups excluding carboxylic acids is 1. The minimum absolute atomic E-state index is 0.0387. The average molecular weight is 356 g/mol. The van der Waals surface area contributed by atoms with Gasteiger partial charge in [-0.2, -0.15) is 0 Å². The summed E-state index contributed by atoms with van der Waals surface area (Å²) < 4.78 is 0. The predicted octanol–water partition coefficient (Wildman–Crippen LogP) is 4.30. The van der Waals surface area contributed by atoms with Crippen molar-refractivity contribution in [1.29, 1.82) is 0 Å². The Bertz CT molecular complexity index is 643. The molecule has 1 heterocycles. The zero-order valence-corrected chi connectivity index (χ0v) is 14.2. The second kappa shape index (κ2) is 6.33. The largest absolute Gasteiger partial charge is 0.481 e. The normalized spacial score (nSPS) is 22.7. The number of carboxylic acids is 1. The molecule has 124 valence electrons. The highest BCUT2D eigenvalue weighted by molar-refractivity contribution is 6.42. The van der Waals surface area contributed by atoms with Gasteiger partial charge in [-0.1, -0.05) is 35.7 Å². The van der Waals surface area contributed by atoms with Gasteiger partial charge in [0.25, 0.3) is 0 Å². The Labute approximate surface area is 145 Å². The van der Waals surface area contributed by atoms with Crippen molar-refractivity contribution in [3.8, 4) is 0 Å². The van der Waals surface area contributed by atoms with Crippen LogP contribution in [0.5, 0.6) is 0 Å². The lowest BCUT2D eigenvalue weighted by Gasteiger charge is -2.38. The maximum Gasteiger partial charge on any atom is 0.310 e. The van der Waals surface area contributed by atoms with E-state index in [-0.39, 0.29) is 18.4 Å². The molecule has 1 aromatic rings. The van der Waals surface area contributed by atoms with Gasteiger partial charge in [0.2, 0.25) is 5.91 Å². The molecule has 6 heteroatoms. The molecule has 0 spiro atoms. The monoisotopic (exact) mass is 355 g/mol. The van der Waals surface area contributed by atoms with Gasteiger partial charge in [-0.3, -0.25) is 9.59 Å². The van der Waals surface area contributed by atoms with Crippen molar-refractivity contribution < 1.29 is 14.7 Å². The fraction of sp³-hybridized carbons (Fsp3) is 0.529. The molecular formula is C17H19Cl2NO3. The molecule has 1 amide bonds. The van der Waals surface area contributed by atoms with Gasteiger partial charge < -0.3 is 10.0 Å². The number of aliphatic carboxylic acids is 1. The van der Waals surface area contributed by atoms with Crippen LogP contribution in [0.15, 0.2) is 18.2 Å². The molecule has 1 atom stereocenters. The molecule has 1 aromatic carbocycles. The molecular weight excluding hydrogens is 337 g/mol. The lowest BCUT2D eigenvalue weighted by atomic mass is 9.66. The zero-order chi connectivity index (χ0) is 16.6. The van der Waals surface area contributed by atoms with E-state index < -0.39 is 11.4 Å². The van der Waals surface area contributed by atoms with Gasteiger partial charge in [0.15, 0.2) is 0 Å². The number of likely N-dealkylation sites (tertiary alicyclic amines) is 1. The summed E-state index contributed by atoms with van der Waals surface area (Å²) in [6.45, 7) is 0.666. The van der Waals surface area contributed by atoms with Gasteiger partial charge >= 0.3 is 5.97 Å². The zero-order valence-electron chi connectivity index (χ0n) is 12.7. The standard InChI is InChI=1S/C17H19Cl2NO3/c18-12-5-4-11(9-13(12)19)14-3-1-8-20(14)15(21)10-17(16(22)23)6-2-7-17/h4-5,9,14H,1-3,6-8,10H2,(H,22,23). The molecule has 0 aromatic heterocycles. The lowest BCUT2D eigenvalue weighted by Crippen LogP contribution is -2.43. The number of halogens is 2. The summed E-state index contributed by atoms with van der Waals surface area (Å²) in [5.74, 6) is -0.914. The third kappa shape index (κ3) is 3.07. The van der Waals surface area contributed by atoms with E-state index >= 15 is 0 Å². The highest BCUT2D eigenvalue weighted by Gasteiger charge is 2.47. The number of amides is 1. The fourth-order valence-corrected chi connectivity index (χ4v) is 3.90. The maximum atomic E-state index is 12.7. The number of rotatable bonds is 4. The van der Waals surface area contributed by atoms with E-state index in [1.807, 2.05) is 11.0 Å². The van der Waals surface area contributed by atoms with Crippen LogP contribution in [0.25, 0.3) is 0 Å². The maximum absolute atomic E-state index is 12.7. The number of hydrogen-bond acceptors (Lipinski definition) is 2. The Hall–Kier alpha value is -1.26. The number of carbonyl (C=O) groups is 2.